The van der Waals surface area contributed by atoms with Gasteiger partial charge in [0.15, 0.2) is 0 Å². The third-order valence-corrected chi connectivity index (χ3v) is 3.30. The van der Waals surface area contributed by atoms with Gasteiger partial charge in [0, 0.05) is 12.0 Å². The van der Waals surface area contributed by atoms with Gasteiger partial charge in [-0.1, -0.05) is 13.3 Å². The summed E-state index contributed by atoms with van der Waals surface area (Å²) in [5, 5.41) is 3.62. The van der Waals surface area contributed by atoms with Crippen LogP contribution in [0.2, 0.25) is 0 Å². The molecule has 0 saturated heterocycles. The highest BCUT2D eigenvalue weighted by atomic mass is 16.3. The van der Waals surface area contributed by atoms with Gasteiger partial charge in [-0.15, -0.1) is 0 Å². The van der Waals surface area contributed by atoms with Gasteiger partial charge < -0.3 is 9.73 Å². The Hall–Kier alpha value is -0.760. The number of nitrogens with one attached hydrogen (secondary N) is 1. The van der Waals surface area contributed by atoms with Gasteiger partial charge in [0.05, 0.1) is 6.26 Å². The first kappa shape index (κ1) is 10.7. The minimum absolute atomic E-state index is 0.642. The second kappa shape index (κ2) is 5.36. The summed E-state index contributed by atoms with van der Waals surface area (Å²) in [6.07, 6.45) is 8.20. The van der Waals surface area contributed by atoms with E-state index in [2.05, 4.69) is 18.3 Å². The maximum absolute atomic E-state index is 5.50. The second-order valence-corrected chi connectivity index (χ2v) is 4.53. The first-order valence-corrected chi connectivity index (χ1v) is 6.17. The lowest BCUT2D eigenvalue weighted by molar-refractivity contribution is 0.309. The van der Waals surface area contributed by atoms with Crippen molar-refractivity contribution in [1.29, 1.82) is 0 Å². The van der Waals surface area contributed by atoms with Crippen LogP contribution < -0.4 is 5.32 Å². The minimum Gasteiger partial charge on any atom is -0.469 e. The van der Waals surface area contributed by atoms with Gasteiger partial charge in [0.1, 0.15) is 5.76 Å². The molecular weight excluding hydrogens is 186 g/mol. The molecule has 2 rings (SSSR count). The molecule has 2 unspecified atom stereocenters. The second-order valence-electron chi connectivity index (χ2n) is 4.53. The van der Waals surface area contributed by atoms with Crippen molar-refractivity contribution in [2.45, 2.75) is 51.0 Å². The smallest absolute Gasteiger partial charge is 0.106 e. The molecule has 0 radical (unpaired) electrons. The third kappa shape index (κ3) is 2.85. The van der Waals surface area contributed by atoms with Crippen molar-refractivity contribution in [3.63, 3.8) is 0 Å². The molecule has 2 nitrogen and oxygen atoms in total. The predicted octanol–water partition coefficient (Wildman–Crippen LogP) is 3.31. The van der Waals surface area contributed by atoms with Crippen LogP contribution in [0, 0.1) is 0 Å². The number of rotatable bonds is 4. The van der Waals surface area contributed by atoms with Crippen molar-refractivity contribution < 1.29 is 4.42 Å². The maximum Gasteiger partial charge on any atom is 0.106 e. The molecule has 1 aromatic rings. The molecule has 1 N–H and O–H groups in total. The average molecular weight is 207 g/mol. The van der Waals surface area contributed by atoms with Crippen molar-refractivity contribution in [2.24, 2.45) is 0 Å². The van der Waals surface area contributed by atoms with Crippen LogP contribution in [0.25, 0.3) is 0 Å². The van der Waals surface area contributed by atoms with Crippen molar-refractivity contribution >= 4 is 0 Å². The summed E-state index contributed by atoms with van der Waals surface area (Å²) in [4.78, 5) is 0. The summed E-state index contributed by atoms with van der Waals surface area (Å²) in [5.41, 5.74) is 0. The molecule has 0 bridgehead atoms. The maximum atomic E-state index is 5.50. The van der Waals surface area contributed by atoms with E-state index in [9.17, 15) is 0 Å². The Morgan fingerprint density at radius 1 is 1.47 bits per heavy atom. The van der Waals surface area contributed by atoms with Crippen LogP contribution >= 0.6 is 0 Å². The van der Waals surface area contributed by atoms with E-state index >= 15 is 0 Å². The fourth-order valence-corrected chi connectivity index (χ4v) is 2.51. The lowest BCUT2D eigenvalue weighted by Crippen LogP contribution is -2.33. The van der Waals surface area contributed by atoms with E-state index in [0.717, 1.165) is 6.54 Å². The Labute approximate surface area is 92.1 Å². The van der Waals surface area contributed by atoms with Crippen LogP contribution in [0.15, 0.2) is 22.8 Å². The summed E-state index contributed by atoms with van der Waals surface area (Å²) < 4.78 is 5.50. The van der Waals surface area contributed by atoms with Crippen LogP contribution in [0.4, 0.5) is 0 Å². The van der Waals surface area contributed by atoms with E-state index in [0.29, 0.717) is 12.0 Å². The lowest BCUT2D eigenvalue weighted by atomic mass is 9.84. The van der Waals surface area contributed by atoms with Crippen molar-refractivity contribution in [3.8, 4) is 0 Å². The van der Waals surface area contributed by atoms with Gasteiger partial charge in [-0.05, 0) is 44.4 Å². The third-order valence-electron chi connectivity index (χ3n) is 3.30. The molecule has 1 aliphatic carbocycles. The summed E-state index contributed by atoms with van der Waals surface area (Å²) in [6.45, 7) is 3.37. The molecule has 2 heteroatoms. The molecule has 2 atom stereocenters. The van der Waals surface area contributed by atoms with Crippen LogP contribution in [0.5, 0.6) is 0 Å². The fourth-order valence-electron chi connectivity index (χ4n) is 2.51. The van der Waals surface area contributed by atoms with E-state index in [4.69, 9.17) is 4.42 Å². The van der Waals surface area contributed by atoms with E-state index in [1.807, 2.05) is 6.07 Å². The van der Waals surface area contributed by atoms with Crippen molar-refractivity contribution in [2.75, 3.05) is 6.54 Å². The van der Waals surface area contributed by atoms with Gasteiger partial charge >= 0.3 is 0 Å². The van der Waals surface area contributed by atoms with Crippen LogP contribution in [0.3, 0.4) is 0 Å². The molecule has 1 fully saturated rings. The fraction of sp³-hybridized carbons (Fsp3) is 0.692. The van der Waals surface area contributed by atoms with Gasteiger partial charge in [0.2, 0.25) is 0 Å². The largest absolute Gasteiger partial charge is 0.469 e. The van der Waals surface area contributed by atoms with E-state index < -0.39 is 0 Å². The number of hydrogen-bond donors (Lipinski definition) is 1. The van der Waals surface area contributed by atoms with Gasteiger partial charge in [-0.3, -0.25) is 0 Å². The highest BCUT2D eigenvalue weighted by molar-refractivity contribution is 5.07. The quantitative estimate of drug-likeness (QED) is 0.819. The number of hydrogen-bond acceptors (Lipinski definition) is 2. The Kier molecular flexibility index (Phi) is 3.84. The molecule has 0 amide bonds. The first-order valence-electron chi connectivity index (χ1n) is 6.17. The first-order chi connectivity index (χ1) is 7.40. The molecule has 0 aliphatic heterocycles. The Bertz CT molecular complexity index is 268. The average Bonchev–Trinajstić information content (AvgIpc) is 2.80. The Balaban J connectivity index is 1.87. The Morgan fingerprint density at radius 2 is 2.40 bits per heavy atom. The molecule has 84 valence electrons. The molecule has 1 aromatic heterocycles. The normalized spacial score (nSPS) is 26.7. The zero-order chi connectivity index (χ0) is 10.5. The van der Waals surface area contributed by atoms with Gasteiger partial charge in [-0.25, -0.2) is 0 Å². The molecule has 1 aliphatic rings. The molecule has 0 aromatic carbocycles. The van der Waals surface area contributed by atoms with Gasteiger partial charge in [0.25, 0.3) is 0 Å². The molecule has 0 spiro atoms. The molecule has 15 heavy (non-hydrogen) atoms. The molecular formula is C13H21NO. The highest BCUT2D eigenvalue weighted by Gasteiger charge is 2.24. The summed E-state index contributed by atoms with van der Waals surface area (Å²) in [5.74, 6) is 1.82. The van der Waals surface area contributed by atoms with E-state index in [1.165, 1.54) is 37.9 Å². The number of furan rings is 1. The standard InChI is InChI=1S/C13H21NO/c1-2-8-14-12-6-3-5-11(10-12)13-7-4-9-15-13/h4,7,9,11-12,14H,2-3,5-6,8,10H2,1H3. The van der Waals surface area contributed by atoms with Gasteiger partial charge in [-0.2, -0.15) is 0 Å². The topological polar surface area (TPSA) is 25.2 Å². The minimum atomic E-state index is 0.642. The summed E-state index contributed by atoms with van der Waals surface area (Å²) in [7, 11) is 0. The highest BCUT2D eigenvalue weighted by Crippen LogP contribution is 2.32. The summed E-state index contributed by atoms with van der Waals surface area (Å²) in [6, 6.07) is 4.82. The van der Waals surface area contributed by atoms with E-state index in [-0.39, 0.29) is 0 Å². The van der Waals surface area contributed by atoms with Crippen molar-refractivity contribution in [1.82, 2.24) is 5.32 Å². The zero-order valence-electron chi connectivity index (χ0n) is 9.54. The predicted molar refractivity (Wildman–Crippen MR) is 62.0 cm³/mol. The van der Waals surface area contributed by atoms with Crippen LogP contribution in [-0.2, 0) is 0 Å². The van der Waals surface area contributed by atoms with Crippen molar-refractivity contribution in [3.05, 3.63) is 24.2 Å². The summed E-state index contributed by atoms with van der Waals surface area (Å²) >= 11 is 0. The molecule has 1 saturated carbocycles. The SMILES string of the molecule is CCCNC1CCCC(c2ccco2)C1. The monoisotopic (exact) mass is 207 g/mol. The van der Waals surface area contributed by atoms with Crippen LogP contribution in [0.1, 0.15) is 50.7 Å². The van der Waals surface area contributed by atoms with Crippen LogP contribution in [-0.4, -0.2) is 12.6 Å². The molecule has 1 heterocycles. The zero-order valence-corrected chi connectivity index (χ0v) is 9.54. The van der Waals surface area contributed by atoms with E-state index in [1.54, 1.807) is 6.26 Å². The lowest BCUT2D eigenvalue weighted by Gasteiger charge is -2.28. The Morgan fingerprint density at radius 3 is 3.13 bits per heavy atom.